The molecule has 0 saturated heterocycles. The van der Waals surface area contributed by atoms with Gasteiger partial charge in [0.2, 0.25) is 0 Å². The summed E-state index contributed by atoms with van der Waals surface area (Å²) < 4.78 is 5.07. The summed E-state index contributed by atoms with van der Waals surface area (Å²) in [7, 11) is 0. The number of unbranched alkanes of at least 4 members (excludes halogenated alkanes) is 5. The van der Waals surface area contributed by atoms with Gasteiger partial charge in [-0.05, 0) is 24.5 Å². The molecule has 1 amide bonds. The fourth-order valence-corrected chi connectivity index (χ4v) is 2.12. The normalized spacial score (nSPS) is 11.2. The van der Waals surface area contributed by atoms with E-state index in [1.54, 1.807) is 0 Å². The van der Waals surface area contributed by atoms with E-state index in [1.807, 2.05) is 48.6 Å². The summed E-state index contributed by atoms with van der Waals surface area (Å²) in [6, 6.07) is 9.77. The molecule has 0 spiro atoms. The topological polar surface area (TPSA) is 38.3 Å². The third-order valence-electron chi connectivity index (χ3n) is 3.45. The monoisotopic (exact) mass is 315 g/mol. The maximum absolute atomic E-state index is 11.5. The highest BCUT2D eigenvalue weighted by Gasteiger charge is 1.99. The Kier molecular flexibility index (Phi) is 11.3. The average Bonchev–Trinajstić information content (AvgIpc) is 2.59. The molecule has 3 heteroatoms. The first-order valence-electron chi connectivity index (χ1n) is 8.59. The number of carbonyl (C=O) groups excluding carboxylic acids is 1. The average molecular weight is 315 g/mol. The Morgan fingerprint density at radius 1 is 1.04 bits per heavy atom. The van der Waals surface area contributed by atoms with Gasteiger partial charge in [0.1, 0.15) is 6.61 Å². The Morgan fingerprint density at radius 2 is 1.78 bits per heavy atom. The Hall–Kier alpha value is -2.03. The van der Waals surface area contributed by atoms with E-state index < -0.39 is 6.09 Å². The number of hydrogen-bond donors (Lipinski definition) is 1. The molecule has 0 fully saturated rings. The molecule has 0 bridgehead atoms. The van der Waals surface area contributed by atoms with Crippen molar-refractivity contribution >= 4 is 6.09 Å². The number of nitrogens with one attached hydrogen (secondary N) is 1. The number of ether oxygens (including phenoxy) is 1. The fraction of sp³-hybridized carbons (Fsp3) is 0.450. The second-order valence-corrected chi connectivity index (χ2v) is 5.50. The predicted octanol–water partition coefficient (Wildman–Crippen LogP) is 5.39. The van der Waals surface area contributed by atoms with E-state index in [9.17, 15) is 4.79 Å². The summed E-state index contributed by atoms with van der Waals surface area (Å²) in [6.45, 7) is 3.01. The minimum absolute atomic E-state index is 0.293. The lowest BCUT2D eigenvalue weighted by Crippen LogP contribution is -2.23. The molecule has 0 saturated carbocycles. The van der Waals surface area contributed by atoms with Crippen molar-refractivity contribution in [1.29, 1.82) is 0 Å². The Balaban J connectivity index is 1.99. The summed E-state index contributed by atoms with van der Waals surface area (Å²) in [4.78, 5) is 11.5. The number of rotatable bonds is 11. The van der Waals surface area contributed by atoms with Crippen LogP contribution in [0.15, 0.2) is 54.6 Å². The molecular weight excluding hydrogens is 286 g/mol. The van der Waals surface area contributed by atoms with E-state index in [0.717, 1.165) is 12.0 Å². The third kappa shape index (κ3) is 11.2. The van der Waals surface area contributed by atoms with E-state index in [2.05, 4.69) is 18.3 Å². The van der Waals surface area contributed by atoms with Gasteiger partial charge >= 0.3 is 6.09 Å². The van der Waals surface area contributed by atoms with E-state index in [1.165, 1.54) is 32.1 Å². The van der Waals surface area contributed by atoms with Crippen LogP contribution < -0.4 is 5.32 Å². The highest BCUT2D eigenvalue weighted by Crippen LogP contribution is 2.05. The molecule has 0 unspecified atom stereocenters. The molecular formula is C20H29NO2. The van der Waals surface area contributed by atoms with Crippen LogP contribution >= 0.6 is 0 Å². The van der Waals surface area contributed by atoms with Crippen molar-refractivity contribution in [1.82, 2.24) is 5.32 Å². The fourth-order valence-electron chi connectivity index (χ4n) is 2.12. The van der Waals surface area contributed by atoms with Gasteiger partial charge in [0.05, 0.1) is 0 Å². The molecule has 1 N–H and O–H groups in total. The van der Waals surface area contributed by atoms with E-state index >= 15 is 0 Å². The lowest BCUT2D eigenvalue weighted by atomic mass is 10.1. The van der Waals surface area contributed by atoms with Crippen molar-refractivity contribution < 1.29 is 9.53 Å². The van der Waals surface area contributed by atoms with Crippen LogP contribution in [0.3, 0.4) is 0 Å². The van der Waals surface area contributed by atoms with E-state index in [4.69, 9.17) is 4.74 Å². The molecule has 1 aromatic carbocycles. The van der Waals surface area contributed by atoms with Gasteiger partial charge in [0.15, 0.2) is 0 Å². The molecule has 1 rings (SSSR count). The predicted molar refractivity (Wildman–Crippen MR) is 96.3 cm³/mol. The van der Waals surface area contributed by atoms with E-state index in [-0.39, 0.29) is 0 Å². The molecule has 1 aromatic rings. The van der Waals surface area contributed by atoms with Crippen molar-refractivity contribution in [3.8, 4) is 0 Å². The van der Waals surface area contributed by atoms with Crippen LogP contribution in [0.4, 0.5) is 4.79 Å². The molecule has 23 heavy (non-hydrogen) atoms. The number of alkyl carbamates (subject to hydrolysis) is 1. The van der Waals surface area contributed by atoms with Crippen LogP contribution in [-0.4, -0.2) is 12.7 Å². The number of hydrogen-bond acceptors (Lipinski definition) is 2. The minimum Gasteiger partial charge on any atom is -0.445 e. The van der Waals surface area contributed by atoms with Crippen molar-refractivity contribution in [2.45, 2.75) is 52.0 Å². The largest absolute Gasteiger partial charge is 0.445 e. The molecule has 0 aliphatic heterocycles. The van der Waals surface area contributed by atoms with Crippen LogP contribution in [-0.2, 0) is 11.3 Å². The zero-order valence-electron chi connectivity index (χ0n) is 14.2. The quantitative estimate of drug-likeness (QED) is 0.439. The second kappa shape index (κ2) is 13.6. The van der Waals surface area contributed by atoms with Gasteiger partial charge in [0.25, 0.3) is 0 Å². The SMILES string of the molecule is CCCCCCC/C=C/C=C/COC(=O)NCc1ccccc1. The van der Waals surface area contributed by atoms with Gasteiger partial charge in [-0.15, -0.1) is 0 Å². The van der Waals surface area contributed by atoms with Crippen molar-refractivity contribution in [2.75, 3.05) is 6.61 Å². The summed E-state index contributed by atoms with van der Waals surface area (Å²) in [5.74, 6) is 0. The Bertz CT molecular complexity index is 466. The molecule has 3 nitrogen and oxygen atoms in total. The number of amides is 1. The summed E-state index contributed by atoms with van der Waals surface area (Å²) in [5, 5.41) is 2.72. The molecule has 0 radical (unpaired) electrons. The van der Waals surface area contributed by atoms with Crippen molar-refractivity contribution in [3.63, 3.8) is 0 Å². The zero-order valence-corrected chi connectivity index (χ0v) is 14.2. The lowest BCUT2D eigenvalue weighted by molar-refractivity contribution is 0.157. The van der Waals surface area contributed by atoms with Crippen LogP contribution in [0, 0.1) is 0 Å². The van der Waals surface area contributed by atoms with Crippen LogP contribution in [0.1, 0.15) is 51.0 Å². The molecule has 0 aromatic heterocycles. The first-order chi connectivity index (χ1) is 11.3. The van der Waals surface area contributed by atoms with Gasteiger partial charge in [-0.1, -0.05) is 81.2 Å². The molecule has 0 aliphatic carbocycles. The molecule has 126 valence electrons. The van der Waals surface area contributed by atoms with Crippen LogP contribution in [0.2, 0.25) is 0 Å². The third-order valence-corrected chi connectivity index (χ3v) is 3.45. The smallest absolute Gasteiger partial charge is 0.407 e. The van der Waals surface area contributed by atoms with Crippen LogP contribution in [0.5, 0.6) is 0 Å². The van der Waals surface area contributed by atoms with Gasteiger partial charge in [-0.2, -0.15) is 0 Å². The summed E-state index contributed by atoms with van der Waals surface area (Å²) >= 11 is 0. The minimum atomic E-state index is -0.390. The second-order valence-electron chi connectivity index (χ2n) is 5.50. The lowest BCUT2D eigenvalue weighted by Gasteiger charge is -2.04. The first-order valence-corrected chi connectivity index (χ1v) is 8.59. The maximum atomic E-state index is 11.5. The maximum Gasteiger partial charge on any atom is 0.407 e. The summed E-state index contributed by atoms with van der Waals surface area (Å²) in [5.41, 5.74) is 1.06. The Morgan fingerprint density at radius 3 is 2.57 bits per heavy atom. The van der Waals surface area contributed by atoms with Gasteiger partial charge in [0, 0.05) is 6.54 Å². The van der Waals surface area contributed by atoms with Gasteiger partial charge in [-0.3, -0.25) is 0 Å². The molecule has 0 aliphatic rings. The number of allylic oxidation sites excluding steroid dienone is 3. The van der Waals surface area contributed by atoms with Gasteiger partial charge < -0.3 is 10.1 Å². The highest BCUT2D eigenvalue weighted by molar-refractivity contribution is 5.67. The summed E-state index contributed by atoms with van der Waals surface area (Å²) in [6.07, 6.45) is 15.2. The van der Waals surface area contributed by atoms with Crippen LogP contribution in [0.25, 0.3) is 0 Å². The van der Waals surface area contributed by atoms with Gasteiger partial charge in [-0.25, -0.2) is 4.79 Å². The Labute approximate surface area is 140 Å². The van der Waals surface area contributed by atoms with E-state index in [0.29, 0.717) is 13.2 Å². The molecule has 0 atom stereocenters. The molecule has 0 heterocycles. The highest BCUT2D eigenvalue weighted by atomic mass is 16.5. The zero-order chi connectivity index (χ0) is 16.6. The first kappa shape index (κ1) is 19.0. The standard InChI is InChI=1S/C20H29NO2/c1-2-3-4-5-6-7-8-9-10-14-17-23-20(22)21-18-19-15-12-11-13-16-19/h8-16H,2-7,17-18H2,1H3,(H,21,22)/b9-8+,14-10+. The number of carbonyl (C=O) groups is 1. The van der Waals surface area contributed by atoms with Crippen molar-refractivity contribution in [3.05, 3.63) is 60.2 Å². The number of benzene rings is 1. The van der Waals surface area contributed by atoms with Crippen molar-refractivity contribution in [2.24, 2.45) is 0 Å².